The van der Waals surface area contributed by atoms with Crippen LogP contribution >= 0.6 is 0 Å². The predicted molar refractivity (Wildman–Crippen MR) is 77.4 cm³/mol. The van der Waals surface area contributed by atoms with Gasteiger partial charge in [0, 0.05) is 31.5 Å². The summed E-state index contributed by atoms with van der Waals surface area (Å²) in [5.74, 6) is 2.48. The molecule has 0 saturated heterocycles. The van der Waals surface area contributed by atoms with Crippen LogP contribution in [0.5, 0.6) is 0 Å². The smallest absolute Gasteiger partial charge is 0.135 e. The summed E-state index contributed by atoms with van der Waals surface area (Å²) in [4.78, 5) is 12.9. The van der Waals surface area contributed by atoms with Crippen molar-refractivity contribution in [3.63, 3.8) is 0 Å². The van der Waals surface area contributed by atoms with E-state index in [2.05, 4.69) is 32.5 Å². The molecule has 0 aromatic carbocycles. The van der Waals surface area contributed by atoms with Gasteiger partial charge < -0.3 is 10.6 Å². The first-order chi connectivity index (χ1) is 9.11. The lowest BCUT2D eigenvalue weighted by Gasteiger charge is -2.13. The normalized spacial score (nSPS) is 10.3. The van der Waals surface area contributed by atoms with Gasteiger partial charge in [-0.15, -0.1) is 0 Å². The zero-order valence-electron chi connectivity index (χ0n) is 11.8. The fourth-order valence-corrected chi connectivity index (χ4v) is 1.92. The van der Waals surface area contributed by atoms with E-state index in [4.69, 9.17) is 0 Å². The molecule has 0 amide bonds. The summed E-state index contributed by atoms with van der Waals surface area (Å²) in [7, 11) is 1.87. The minimum absolute atomic E-state index is 0.731. The molecule has 0 saturated carbocycles. The molecule has 100 valence electrons. The number of aryl methyl sites for hydroxylation is 2. The van der Waals surface area contributed by atoms with Crippen LogP contribution in [0.3, 0.4) is 0 Å². The largest absolute Gasteiger partial charge is 0.373 e. The molecule has 0 atom stereocenters. The van der Waals surface area contributed by atoms with E-state index < -0.39 is 0 Å². The van der Waals surface area contributed by atoms with Crippen LogP contribution < -0.4 is 10.6 Å². The molecule has 0 aliphatic carbocycles. The van der Waals surface area contributed by atoms with Gasteiger partial charge in [0.2, 0.25) is 0 Å². The Kier molecular flexibility index (Phi) is 3.94. The number of pyridine rings is 1. The highest BCUT2D eigenvalue weighted by Gasteiger charge is 2.08. The highest BCUT2D eigenvalue weighted by molar-refractivity contribution is 5.57. The maximum Gasteiger partial charge on any atom is 0.135 e. The summed E-state index contributed by atoms with van der Waals surface area (Å²) in [6.07, 6.45) is 3.68. The van der Waals surface area contributed by atoms with E-state index >= 15 is 0 Å². The van der Waals surface area contributed by atoms with Gasteiger partial charge in [-0.1, -0.05) is 0 Å². The fraction of sp³-hybridized carbons (Fsp3) is 0.357. The number of hydrogen-bond donors (Lipinski definition) is 2. The molecule has 0 spiro atoms. The number of aromatic nitrogens is 3. The zero-order valence-corrected chi connectivity index (χ0v) is 11.8. The molecule has 2 N–H and O–H groups in total. The molecule has 0 aliphatic heterocycles. The summed E-state index contributed by atoms with van der Waals surface area (Å²) >= 11 is 0. The lowest BCUT2D eigenvalue weighted by molar-refractivity contribution is 0.996. The molecule has 19 heavy (non-hydrogen) atoms. The van der Waals surface area contributed by atoms with Gasteiger partial charge in [0.05, 0.1) is 0 Å². The molecule has 0 fully saturated rings. The summed E-state index contributed by atoms with van der Waals surface area (Å²) in [5, 5.41) is 6.45. The number of anilines is 2. The first kappa shape index (κ1) is 13.3. The van der Waals surface area contributed by atoms with Crippen LogP contribution in [0.15, 0.2) is 18.5 Å². The van der Waals surface area contributed by atoms with Crippen LogP contribution in [-0.2, 0) is 6.54 Å². The van der Waals surface area contributed by atoms with Crippen LogP contribution in [0.2, 0.25) is 0 Å². The lowest BCUT2D eigenvalue weighted by Crippen LogP contribution is -2.09. The highest BCUT2D eigenvalue weighted by Crippen LogP contribution is 2.20. The average Bonchev–Trinajstić information content (AvgIpc) is 2.41. The van der Waals surface area contributed by atoms with Crippen LogP contribution in [0.1, 0.15) is 22.5 Å². The van der Waals surface area contributed by atoms with Crippen LogP contribution in [0, 0.1) is 20.8 Å². The maximum absolute atomic E-state index is 4.45. The standard InChI is InChI=1S/C14H19N5/c1-9-7-16-6-5-12(9)8-17-14-10(2)13(15-4)18-11(3)19-14/h5-7H,8H2,1-4H3,(H2,15,17,18,19). The Labute approximate surface area is 113 Å². The molecular weight excluding hydrogens is 238 g/mol. The molecule has 0 radical (unpaired) electrons. The summed E-state index contributed by atoms with van der Waals surface area (Å²) in [6, 6.07) is 2.02. The van der Waals surface area contributed by atoms with Crippen molar-refractivity contribution in [2.24, 2.45) is 0 Å². The fourth-order valence-electron chi connectivity index (χ4n) is 1.92. The van der Waals surface area contributed by atoms with Crippen LogP contribution in [0.4, 0.5) is 11.6 Å². The lowest BCUT2D eigenvalue weighted by atomic mass is 10.1. The molecule has 0 unspecified atom stereocenters. The third kappa shape index (κ3) is 2.99. The monoisotopic (exact) mass is 257 g/mol. The van der Waals surface area contributed by atoms with E-state index in [0.717, 1.165) is 29.6 Å². The Morgan fingerprint density at radius 2 is 1.84 bits per heavy atom. The third-order valence-corrected chi connectivity index (χ3v) is 3.08. The molecule has 2 aromatic rings. The molecular formula is C14H19N5. The SMILES string of the molecule is CNc1nc(C)nc(NCc2ccncc2C)c1C. The van der Waals surface area contributed by atoms with E-state index in [-0.39, 0.29) is 0 Å². The van der Waals surface area contributed by atoms with Crippen molar-refractivity contribution >= 4 is 11.6 Å². The number of nitrogens with one attached hydrogen (secondary N) is 2. The first-order valence-corrected chi connectivity index (χ1v) is 6.28. The Balaban J connectivity index is 2.20. The van der Waals surface area contributed by atoms with Crippen molar-refractivity contribution in [1.29, 1.82) is 0 Å². The average molecular weight is 257 g/mol. The quantitative estimate of drug-likeness (QED) is 0.881. The first-order valence-electron chi connectivity index (χ1n) is 6.28. The van der Waals surface area contributed by atoms with Crippen molar-refractivity contribution in [1.82, 2.24) is 15.0 Å². The Hall–Kier alpha value is -2.17. The maximum atomic E-state index is 4.45. The molecule has 5 heteroatoms. The van der Waals surface area contributed by atoms with Crippen molar-refractivity contribution in [3.05, 3.63) is 41.0 Å². The number of nitrogens with zero attached hydrogens (tertiary/aromatic N) is 3. The van der Waals surface area contributed by atoms with Gasteiger partial charge in [0.15, 0.2) is 0 Å². The molecule has 2 aromatic heterocycles. The second-order valence-corrected chi connectivity index (χ2v) is 4.50. The van der Waals surface area contributed by atoms with Gasteiger partial charge in [-0.3, -0.25) is 4.98 Å². The van der Waals surface area contributed by atoms with Gasteiger partial charge >= 0.3 is 0 Å². The minimum Gasteiger partial charge on any atom is -0.373 e. The third-order valence-electron chi connectivity index (χ3n) is 3.08. The van der Waals surface area contributed by atoms with Crippen LogP contribution in [0.25, 0.3) is 0 Å². The minimum atomic E-state index is 0.731. The van der Waals surface area contributed by atoms with E-state index in [1.54, 1.807) is 6.20 Å². The van der Waals surface area contributed by atoms with Gasteiger partial charge in [-0.05, 0) is 38.0 Å². The van der Waals surface area contributed by atoms with Crippen molar-refractivity contribution in [2.75, 3.05) is 17.7 Å². The van der Waals surface area contributed by atoms with Gasteiger partial charge in [-0.25, -0.2) is 9.97 Å². The Morgan fingerprint density at radius 3 is 2.53 bits per heavy atom. The molecule has 0 bridgehead atoms. The highest BCUT2D eigenvalue weighted by atomic mass is 15.1. The van der Waals surface area contributed by atoms with Gasteiger partial charge in [-0.2, -0.15) is 0 Å². The number of rotatable bonds is 4. The number of hydrogen-bond acceptors (Lipinski definition) is 5. The predicted octanol–water partition coefficient (Wildman–Crippen LogP) is 2.45. The van der Waals surface area contributed by atoms with Crippen molar-refractivity contribution in [3.8, 4) is 0 Å². The summed E-state index contributed by atoms with van der Waals surface area (Å²) in [6.45, 7) is 6.69. The molecule has 2 rings (SSSR count). The van der Waals surface area contributed by atoms with Gasteiger partial charge in [0.25, 0.3) is 0 Å². The summed E-state index contributed by atoms with van der Waals surface area (Å²) < 4.78 is 0. The summed E-state index contributed by atoms with van der Waals surface area (Å²) in [5.41, 5.74) is 3.42. The van der Waals surface area contributed by atoms with E-state index in [0.29, 0.717) is 0 Å². The van der Waals surface area contributed by atoms with E-state index in [9.17, 15) is 0 Å². The van der Waals surface area contributed by atoms with Crippen LogP contribution in [-0.4, -0.2) is 22.0 Å². The topological polar surface area (TPSA) is 62.7 Å². The zero-order chi connectivity index (χ0) is 13.8. The van der Waals surface area contributed by atoms with Crippen molar-refractivity contribution < 1.29 is 0 Å². The molecule has 2 heterocycles. The Morgan fingerprint density at radius 1 is 1.11 bits per heavy atom. The molecule has 0 aliphatic rings. The van der Waals surface area contributed by atoms with E-state index in [1.165, 1.54) is 11.1 Å². The second kappa shape index (κ2) is 5.65. The van der Waals surface area contributed by atoms with Crippen molar-refractivity contribution in [2.45, 2.75) is 27.3 Å². The van der Waals surface area contributed by atoms with Gasteiger partial charge in [0.1, 0.15) is 17.5 Å². The Bertz CT molecular complexity index is 580. The van der Waals surface area contributed by atoms with E-state index in [1.807, 2.05) is 33.2 Å². The second-order valence-electron chi connectivity index (χ2n) is 4.50. The molecule has 5 nitrogen and oxygen atoms in total.